The van der Waals surface area contributed by atoms with Crippen molar-refractivity contribution in [1.29, 1.82) is 0 Å². The molecule has 5 heteroatoms. The van der Waals surface area contributed by atoms with E-state index in [0.29, 0.717) is 11.7 Å². The van der Waals surface area contributed by atoms with Crippen LogP contribution in [0.25, 0.3) is 10.6 Å². The van der Waals surface area contributed by atoms with Crippen molar-refractivity contribution in [2.75, 3.05) is 6.54 Å². The molecule has 1 aliphatic rings. The van der Waals surface area contributed by atoms with Crippen molar-refractivity contribution in [2.24, 2.45) is 0 Å². The maximum Gasteiger partial charge on any atom is 0.273 e. The normalized spacial score (nSPS) is 19.2. The third-order valence-electron chi connectivity index (χ3n) is 3.85. The van der Waals surface area contributed by atoms with Gasteiger partial charge in [-0.2, -0.15) is 11.3 Å². The van der Waals surface area contributed by atoms with Gasteiger partial charge in [0, 0.05) is 28.9 Å². The van der Waals surface area contributed by atoms with Crippen LogP contribution in [0.3, 0.4) is 0 Å². The molecule has 1 saturated heterocycles. The van der Waals surface area contributed by atoms with E-state index in [4.69, 9.17) is 0 Å². The Morgan fingerprint density at radius 1 is 1.45 bits per heavy atom. The molecule has 0 spiro atoms. The lowest BCUT2D eigenvalue weighted by Gasteiger charge is -2.34. The SMILES string of the molecule is CCC1CCCCN1C(=O)c1csc(-c2ccsc2)n1. The minimum Gasteiger partial charge on any atom is -0.334 e. The number of aromatic nitrogens is 1. The van der Waals surface area contributed by atoms with Crippen LogP contribution in [0.4, 0.5) is 0 Å². The first-order valence-electron chi connectivity index (χ1n) is 7.08. The molecule has 1 amide bonds. The van der Waals surface area contributed by atoms with Crippen LogP contribution >= 0.6 is 22.7 Å². The molecule has 3 heterocycles. The van der Waals surface area contributed by atoms with E-state index in [9.17, 15) is 4.79 Å². The van der Waals surface area contributed by atoms with Gasteiger partial charge in [-0.25, -0.2) is 4.98 Å². The Labute approximate surface area is 127 Å². The minimum atomic E-state index is 0.106. The molecule has 3 nitrogen and oxygen atoms in total. The predicted octanol–water partition coefficient (Wildman–Crippen LogP) is 4.28. The Hall–Kier alpha value is -1.20. The maximum absolute atomic E-state index is 12.6. The highest BCUT2D eigenvalue weighted by Gasteiger charge is 2.27. The topological polar surface area (TPSA) is 33.2 Å². The summed E-state index contributed by atoms with van der Waals surface area (Å²) in [5, 5.41) is 6.95. The molecule has 1 fully saturated rings. The molecule has 0 radical (unpaired) electrons. The average molecular weight is 306 g/mol. The van der Waals surface area contributed by atoms with Gasteiger partial charge in [0.15, 0.2) is 0 Å². The summed E-state index contributed by atoms with van der Waals surface area (Å²) in [5.74, 6) is 0.106. The number of carbonyl (C=O) groups excluding carboxylic acids is 1. The summed E-state index contributed by atoms with van der Waals surface area (Å²) in [7, 11) is 0. The van der Waals surface area contributed by atoms with E-state index in [1.54, 1.807) is 22.7 Å². The summed E-state index contributed by atoms with van der Waals surface area (Å²) >= 11 is 3.21. The van der Waals surface area contributed by atoms with Crippen molar-refractivity contribution in [3.05, 3.63) is 27.9 Å². The summed E-state index contributed by atoms with van der Waals surface area (Å²) in [6, 6.07) is 2.44. The van der Waals surface area contributed by atoms with Gasteiger partial charge in [-0.1, -0.05) is 6.92 Å². The van der Waals surface area contributed by atoms with E-state index in [1.807, 2.05) is 21.7 Å². The minimum absolute atomic E-state index is 0.106. The number of amides is 1. The average Bonchev–Trinajstić information content (AvgIpc) is 3.16. The first-order valence-corrected chi connectivity index (χ1v) is 8.91. The molecule has 1 aliphatic heterocycles. The van der Waals surface area contributed by atoms with Gasteiger partial charge >= 0.3 is 0 Å². The maximum atomic E-state index is 12.6. The Bertz CT molecular complexity index is 576. The zero-order valence-corrected chi connectivity index (χ0v) is 13.2. The summed E-state index contributed by atoms with van der Waals surface area (Å²) < 4.78 is 0. The standard InChI is InChI=1S/C15H18N2OS2/c1-2-12-5-3-4-7-17(12)15(18)13-10-20-14(16-13)11-6-8-19-9-11/h6,8-10,12H,2-5,7H2,1H3. The van der Waals surface area contributed by atoms with Crippen molar-refractivity contribution in [1.82, 2.24) is 9.88 Å². The van der Waals surface area contributed by atoms with E-state index < -0.39 is 0 Å². The van der Waals surface area contributed by atoms with Gasteiger partial charge in [-0.3, -0.25) is 4.79 Å². The van der Waals surface area contributed by atoms with Gasteiger partial charge in [0.05, 0.1) is 0 Å². The van der Waals surface area contributed by atoms with Gasteiger partial charge in [0.2, 0.25) is 0 Å². The molecule has 0 aromatic carbocycles. The lowest BCUT2D eigenvalue weighted by Crippen LogP contribution is -2.43. The lowest BCUT2D eigenvalue weighted by molar-refractivity contribution is 0.0603. The van der Waals surface area contributed by atoms with Crippen molar-refractivity contribution >= 4 is 28.6 Å². The second-order valence-corrected chi connectivity index (χ2v) is 6.74. The largest absolute Gasteiger partial charge is 0.334 e. The zero-order valence-electron chi connectivity index (χ0n) is 11.5. The number of hydrogen-bond donors (Lipinski definition) is 0. The van der Waals surface area contributed by atoms with Crippen molar-refractivity contribution in [3.8, 4) is 10.6 Å². The molecule has 0 N–H and O–H groups in total. The van der Waals surface area contributed by atoms with E-state index in [1.165, 1.54) is 6.42 Å². The molecule has 0 saturated carbocycles. The zero-order chi connectivity index (χ0) is 13.9. The van der Waals surface area contributed by atoms with Gasteiger partial charge in [0.1, 0.15) is 10.7 Å². The highest BCUT2D eigenvalue weighted by molar-refractivity contribution is 7.14. The molecular formula is C15H18N2OS2. The van der Waals surface area contributed by atoms with Gasteiger partial charge in [0.25, 0.3) is 5.91 Å². The van der Waals surface area contributed by atoms with Gasteiger partial charge in [-0.05, 0) is 37.1 Å². The van der Waals surface area contributed by atoms with Crippen LogP contribution in [0.5, 0.6) is 0 Å². The summed E-state index contributed by atoms with van der Waals surface area (Å²) in [6.45, 7) is 3.04. The van der Waals surface area contributed by atoms with Crippen LogP contribution in [-0.2, 0) is 0 Å². The molecule has 106 valence electrons. The second-order valence-electron chi connectivity index (χ2n) is 5.11. The number of likely N-dealkylation sites (tertiary alicyclic amines) is 1. The molecule has 2 aromatic heterocycles. The second kappa shape index (κ2) is 6.06. The third-order valence-corrected chi connectivity index (χ3v) is 5.43. The van der Waals surface area contributed by atoms with E-state index >= 15 is 0 Å². The molecule has 0 aliphatic carbocycles. The molecule has 2 aromatic rings. The third kappa shape index (κ3) is 2.65. The number of thiophene rings is 1. The molecule has 20 heavy (non-hydrogen) atoms. The summed E-state index contributed by atoms with van der Waals surface area (Å²) in [4.78, 5) is 19.2. The molecule has 0 bridgehead atoms. The van der Waals surface area contributed by atoms with Crippen molar-refractivity contribution in [2.45, 2.75) is 38.6 Å². The number of carbonyl (C=O) groups is 1. The molecular weight excluding hydrogens is 288 g/mol. The highest BCUT2D eigenvalue weighted by atomic mass is 32.1. The fraction of sp³-hybridized carbons (Fsp3) is 0.467. The lowest BCUT2D eigenvalue weighted by atomic mass is 10.00. The number of piperidine rings is 1. The first kappa shape index (κ1) is 13.8. The van der Waals surface area contributed by atoms with Crippen LogP contribution in [0, 0.1) is 0 Å². The Morgan fingerprint density at radius 3 is 3.10 bits per heavy atom. The quantitative estimate of drug-likeness (QED) is 0.848. The van der Waals surface area contributed by atoms with Gasteiger partial charge < -0.3 is 4.90 Å². The predicted molar refractivity (Wildman–Crippen MR) is 84.4 cm³/mol. The van der Waals surface area contributed by atoms with Crippen LogP contribution in [0.1, 0.15) is 43.1 Å². The van der Waals surface area contributed by atoms with Crippen LogP contribution in [0.2, 0.25) is 0 Å². The summed E-state index contributed by atoms with van der Waals surface area (Å²) in [5.41, 5.74) is 1.72. The molecule has 1 atom stereocenters. The first-order chi connectivity index (χ1) is 9.79. The number of nitrogens with zero attached hydrogens (tertiary/aromatic N) is 2. The summed E-state index contributed by atoms with van der Waals surface area (Å²) in [6.07, 6.45) is 4.51. The van der Waals surface area contributed by atoms with Crippen LogP contribution in [0.15, 0.2) is 22.2 Å². The molecule has 1 unspecified atom stereocenters. The number of hydrogen-bond acceptors (Lipinski definition) is 4. The van der Waals surface area contributed by atoms with E-state index in [2.05, 4.69) is 17.3 Å². The van der Waals surface area contributed by atoms with Gasteiger partial charge in [-0.15, -0.1) is 11.3 Å². The van der Waals surface area contributed by atoms with Crippen molar-refractivity contribution in [3.63, 3.8) is 0 Å². The van der Waals surface area contributed by atoms with E-state index in [-0.39, 0.29) is 5.91 Å². The van der Waals surface area contributed by atoms with E-state index in [0.717, 1.165) is 36.4 Å². The fourth-order valence-corrected chi connectivity index (χ4v) is 4.24. The van der Waals surface area contributed by atoms with Crippen LogP contribution < -0.4 is 0 Å². The number of rotatable bonds is 3. The molecule has 3 rings (SSSR count). The highest BCUT2D eigenvalue weighted by Crippen LogP contribution is 2.27. The Balaban J connectivity index is 1.80. The number of thiazole rings is 1. The Kier molecular flexibility index (Phi) is 4.17. The smallest absolute Gasteiger partial charge is 0.273 e. The van der Waals surface area contributed by atoms with Crippen LogP contribution in [-0.4, -0.2) is 28.4 Å². The van der Waals surface area contributed by atoms with Crippen molar-refractivity contribution < 1.29 is 4.79 Å². The monoisotopic (exact) mass is 306 g/mol. The fourth-order valence-electron chi connectivity index (χ4n) is 2.73. The Morgan fingerprint density at radius 2 is 2.35 bits per heavy atom.